The Morgan fingerprint density at radius 3 is 2.32 bits per heavy atom. The number of nitrogens with one attached hydrogen (secondary N) is 1. The molecule has 0 aliphatic carbocycles. The van der Waals surface area contributed by atoms with E-state index in [4.69, 9.17) is 0 Å². The minimum absolute atomic E-state index is 0.162. The largest absolute Gasteiger partial charge is 0.339 e. The summed E-state index contributed by atoms with van der Waals surface area (Å²) in [6.45, 7) is 5.31. The first-order chi connectivity index (χ1) is 10.3. The average Bonchev–Trinajstić information content (AvgIpc) is 2.46. The summed E-state index contributed by atoms with van der Waals surface area (Å²) in [5.74, 6) is -0.162. The van der Waals surface area contributed by atoms with Gasteiger partial charge in [0, 0.05) is 32.7 Å². The van der Waals surface area contributed by atoms with Crippen LogP contribution in [0.3, 0.4) is 0 Å². The van der Waals surface area contributed by atoms with Crippen molar-refractivity contribution >= 4 is 15.9 Å². The van der Waals surface area contributed by atoms with Gasteiger partial charge in [-0.3, -0.25) is 9.69 Å². The fourth-order valence-corrected chi connectivity index (χ4v) is 3.36. The molecule has 0 saturated carbocycles. The normalized spacial score (nSPS) is 18.2. The molecule has 6 nitrogen and oxygen atoms in total. The molecule has 0 spiro atoms. The highest BCUT2D eigenvalue weighted by atomic mass is 32.2. The van der Waals surface area contributed by atoms with Crippen molar-refractivity contribution in [1.29, 1.82) is 0 Å². The first-order valence-corrected chi connectivity index (χ1v) is 9.26. The van der Waals surface area contributed by atoms with E-state index in [0.717, 1.165) is 25.9 Å². The molecule has 1 aliphatic rings. The Balaban J connectivity index is 1.83. The Kier molecular flexibility index (Phi) is 5.55. The number of carbonyl (C=O) groups excluding carboxylic acids is 1. The highest BCUT2D eigenvalue weighted by Gasteiger charge is 2.26. The molecule has 2 rings (SSSR count). The van der Waals surface area contributed by atoms with E-state index in [1.165, 1.54) is 5.56 Å². The van der Waals surface area contributed by atoms with E-state index >= 15 is 0 Å². The highest BCUT2D eigenvalue weighted by Crippen LogP contribution is 2.09. The maximum absolute atomic E-state index is 12.2. The van der Waals surface area contributed by atoms with Crippen molar-refractivity contribution < 1.29 is 13.2 Å². The van der Waals surface area contributed by atoms with Gasteiger partial charge < -0.3 is 4.90 Å². The second kappa shape index (κ2) is 7.21. The van der Waals surface area contributed by atoms with Crippen LogP contribution in [0.2, 0.25) is 0 Å². The lowest BCUT2D eigenvalue weighted by atomic mass is 10.2. The van der Waals surface area contributed by atoms with Crippen LogP contribution in [0.1, 0.15) is 12.5 Å². The molecule has 1 fully saturated rings. The van der Waals surface area contributed by atoms with Crippen LogP contribution in [0.4, 0.5) is 0 Å². The minimum atomic E-state index is -3.37. The summed E-state index contributed by atoms with van der Waals surface area (Å²) >= 11 is 0. The summed E-state index contributed by atoms with van der Waals surface area (Å²) in [7, 11) is -3.37. The lowest BCUT2D eigenvalue weighted by molar-refractivity contribution is -0.134. The lowest BCUT2D eigenvalue weighted by Crippen LogP contribution is -2.53. The first-order valence-electron chi connectivity index (χ1n) is 7.37. The monoisotopic (exact) mass is 325 g/mol. The molecule has 1 aromatic carbocycles. The van der Waals surface area contributed by atoms with Crippen LogP contribution in [0.25, 0.3) is 0 Å². The Labute approximate surface area is 132 Å². The first kappa shape index (κ1) is 16.9. The fourth-order valence-electron chi connectivity index (χ4n) is 2.61. The van der Waals surface area contributed by atoms with Crippen LogP contribution in [0.15, 0.2) is 30.3 Å². The van der Waals surface area contributed by atoms with Gasteiger partial charge in [0.1, 0.15) is 0 Å². The van der Waals surface area contributed by atoms with Crippen molar-refractivity contribution in [3.8, 4) is 0 Å². The van der Waals surface area contributed by atoms with Crippen molar-refractivity contribution in [2.45, 2.75) is 19.5 Å². The van der Waals surface area contributed by atoms with Gasteiger partial charge in [-0.05, 0) is 12.5 Å². The summed E-state index contributed by atoms with van der Waals surface area (Å²) in [4.78, 5) is 16.2. The molecule has 1 atom stereocenters. The molecule has 1 saturated heterocycles. The number of rotatable bonds is 5. The Bertz CT molecular complexity index is 596. The number of hydrogen-bond acceptors (Lipinski definition) is 4. The van der Waals surface area contributed by atoms with Crippen LogP contribution in [0.5, 0.6) is 0 Å². The third kappa shape index (κ3) is 5.08. The predicted molar refractivity (Wildman–Crippen MR) is 85.7 cm³/mol. The van der Waals surface area contributed by atoms with Crippen molar-refractivity contribution in [2.75, 3.05) is 32.4 Å². The van der Waals surface area contributed by atoms with E-state index in [1.54, 1.807) is 11.8 Å². The van der Waals surface area contributed by atoms with Crippen molar-refractivity contribution in [2.24, 2.45) is 0 Å². The van der Waals surface area contributed by atoms with Gasteiger partial charge >= 0.3 is 0 Å². The number of carbonyl (C=O) groups is 1. The Morgan fingerprint density at radius 1 is 1.18 bits per heavy atom. The van der Waals surface area contributed by atoms with Crippen LogP contribution >= 0.6 is 0 Å². The number of amides is 1. The molecule has 1 aliphatic heterocycles. The molecule has 0 unspecified atom stereocenters. The van der Waals surface area contributed by atoms with Crippen LogP contribution in [0, 0.1) is 0 Å². The molecule has 0 bridgehead atoms. The zero-order valence-corrected chi connectivity index (χ0v) is 13.8. The van der Waals surface area contributed by atoms with Crippen molar-refractivity contribution in [1.82, 2.24) is 14.5 Å². The third-order valence-corrected chi connectivity index (χ3v) is 4.48. The van der Waals surface area contributed by atoms with Gasteiger partial charge in [-0.25, -0.2) is 13.1 Å². The maximum Gasteiger partial charge on any atom is 0.240 e. The summed E-state index contributed by atoms with van der Waals surface area (Å²) in [6, 6.07) is 9.51. The molecule has 1 aromatic rings. The van der Waals surface area contributed by atoms with Gasteiger partial charge in [-0.15, -0.1) is 0 Å². The SMILES string of the molecule is C[C@H](NS(C)(=O)=O)C(=O)N1CCN(Cc2ccccc2)CC1. The lowest BCUT2D eigenvalue weighted by Gasteiger charge is -2.36. The van der Waals surface area contributed by atoms with Crippen LogP contribution < -0.4 is 4.72 Å². The average molecular weight is 325 g/mol. The number of benzene rings is 1. The standard InChI is InChI=1S/C15H23N3O3S/c1-13(16-22(2,20)21)15(19)18-10-8-17(9-11-18)12-14-6-4-3-5-7-14/h3-7,13,16H,8-12H2,1-2H3/t13-/m0/s1. The molecule has 1 amide bonds. The van der Waals surface area contributed by atoms with E-state index in [0.29, 0.717) is 13.1 Å². The summed E-state index contributed by atoms with van der Waals surface area (Å²) in [5.41, 5.74) is 1.26. The number of piperazine rings is 1. The van der Waals surface area contributed by atoms with E-state index in [1.807, 2.05) is 18.2 Å². The number of hydrogen-bond donors (Lipinski definition) is 1. The van der Waals surface area contributed by atoms with Crippen LogP contribution in [-0.2, 0) is 21.4 Å². The molecule has 7 heteroatoms. The second-order valence-electron chi connectivity index (χ2n) is 5.70. The molecular formula is C15H23N3O3S. The summed E-state index contributed by atoms with van der Waals surface area (Å²) in [5, 5.41) is 0. The minimum Gasteiger partial charge on any atom is -0.339 e. The molecule has 1 N–H and O–H groups in total. The molecule has 0 radical (unpaired) electrons. The van der Waals surface area contributed by atoms with Gasteiger partial charge in [0.25, 0.3) is 0 Å². The third-order valence-electron chi connectivity index (χ3n) is 3.69. The summed E-state index contributed by atoms with van der Waals surface area (Å²) < 4.78 is 24.7. The zero-order chi connectivity index (χ0) is 16.2. The van der Waals surface area contributed by atoms with Crippen LogP contribution in [-0.4, -0.2) is 62.6 Å². The van der Waals surface area contributed by atoms with E-state index < -0.39 is 16.1 Å². The van der Waals surface area contributed by atoms with Crippen molar-refractivity contribution in [3.05, 3.63) is 35.9 Å². The van der Waals surface area contributed by atoms with Crippen molar-refractivity contribution in [3.63, 3.8) is 0 Å². The second-order valence-corrected chi connectivity index (χ2v) is 7.48. The topological polar surface area (TPSA) is 69.7 Å². The molecule has 0 aromatic heterocycles. The molecule has 1 heterocycles. The highest BCUT2D eigenvalue weighted by molar-refractivity contribution is 7.88. The Hall–Kier alpha value is -1.44. The maximum atomic E-state index is 12.2. The molecule has 122 valence electrons. The van der Waals surface area contributed by atoms with E-state index in [-0.39, 0.29) is 5.91 Å². The quantitative estimate of drug-likeness (QED) is 0.844. The Morgan fingerprint density at radius 2 is 1.77 bits per heavy atom. The van der Waals surface area contributed by atoms with Gasteiger partial charge in [0.15, 0.2) is 0 Å². The predicted octanol–water partition coefficient (Wildman–Crippen LogP) is 0.269. The van der Waals surface area contributed by atoms with E-state index in [9.17, 15) is 13.2 Å². The molecular weight excluding hydrogens is 302 g/mol. The van der Waals surface area contributed by atoms with Gasteiger partial charge in [-0.1, -0.05) is 30.3 Å². The smallest absolute Gasteiger partial charge is 0.240 e. The number of nitrogens with zero attached hydrogens (tertiary/aromatic N) is 2. The molecule has 22 heavy (non-hydrogen) atoms. The van der Waals surface area contributed by atoms with Gasteiger partial charge in [0.2, 0.25) is 15.9 Å². The fraction of sp³-hybridized carbons (Fsp3) is 0.533. The zero-order valence-electron chi connectivity index (χ0n) is 13.0. The summed E-state index contributed by atoms with van der Waals surface area (Å²) in [6.07, 6.45) is 1.06. The van der Waals surface area contributed by atoms with E-state index in [2.05, 4.69) is 21.8 Å². The number of sulfonamides is 1. The van der Waals surface area contributed by atoms with Gasteiger partial charge in [0.05, 0.1) is 12.3 Å². The van der Waals surface area contributed by atoms with Gasteiger partial charge in [-0.2, -0.15) is 0 Å².